The van der Waals surface area contributed by atoms with E-state index in [4.69, 9.17) is 4.74 Å². The number of amides is 2. The highest BCUT2D eigenvalue weighted by molar-refractivity contribution is 6.02. The fourth-order valence-electron chi connectivity index (χ4n) is 3.14. The zero-order chi connectivity index (χ0) is 23.0. The molecule has 1 aliphatic rings. The van der Waals surface area contributed by atoms with E-state index >= 15 is 4.39 Å². The highest BCUT2D eigenvalue weighted by atomic mass is 19.2. The first-order valence-electron chi connectivity index (χ1n) is 9.17. The third-order valence-corrected chi connectivity index (χ3v) is 4.52. The largest absolute Gasteiger partial charge is 0.478 e. The van der Waals surface area contributed by atoms with Gasteiger partial charge in [-0.15, -0.1) is 0 Å². The maximum atomic E-state index is 15.2. The molecular formula is C19H24F3N3O5. The summed E-state index contributed by atoms with van der Waals surface area (Å²) < 4.78 is 49.5. The summed E-state index contributed by atoms with van der Waals surface area (Å²) >= 11 is 0. The number of anilines is 2. The van der Waals surface area contributed by atoms with Gasteiger partial charge in [-0.25, -0.2) is 22.8 Å². The fourth-order valence-corrected chi connectivity index (χ4v) is 3.14. The summed E-state index contributed by atoms with van der Waals surface area (Å²) in [5.74, 6) is -7.50. The lowest BCUT2D eigenvalue weighted by atomic mass is 10.1. The number of rotatable bonds is 4. The van der Waals surface area contributed by atoms with Crippen molar-refractivity contribution in [2.24, 2.45) is 0 Å². The standard InChI is InChI=1S/C19H24F3N3O5/c1-9(26)24(5)15-11(17(27)28)12(20)13(21)16(14(15)22)25-7-6-10(8-25)23-18(29)30-19(2,3)4/h10H,6-8H2,1-5H3,(H,23,29)(H,27,28). The number of hydrogen-bond acceptors (Lipinski definition) is 5. The third kappa shape index (κ3) is 4.77. The highest BCUT2D eigenvalue weighted by Gasteiger charge is 2.36. The summed E-state index contributed by atoms with van der Waals surface area (Å²) in [5.41, 5.74) is -3.67. The number of hydrogen-bond donors (Lipinski definition) is 2. The van der Waals surface area contributed by atoms with Crippen molar-refractivity contribution in [3.8, 4) is 0 Å². The first kappa shape index (κ1) is 23.3. The Bertz CT molecular complexity index is 885. The molecule has 0 bridgehead atoms. The zero-order valence-electron chi connectivity index (χ0n) is 17.3. The van der Waals surface area contributed by atoms with E-state index in [1.807, 2.05) is 0 Å². The fraction of sp³-hybridized carbons (Fsp3) is 0.526. The molecule has 1 aromatic carbocycles. The van der Waals surface area contributed by atoms with E-state index in [9.17, 15) is 28.3 Å². The molecule has 0 aliphatic carbocycles. The molecule has 0 spiro atoms. The molecule has 1 fully saturated rings. The maximum absolute atomic E-state index is 15.2. The molecule has 1 saturated heterocycles. The lowest BCUT2D eigenvalue weighted by molar-refractivity contribution is -0.116. The van der Waals surface area contributed by atoms with Gasteiger partial charge in [-0.3, -0.25) is 4.79 Å². The van der Waals surface area contributed by atoms with Gasteiger partial charge in [0.1, 0.15) is 16.9 Å². The van der Waals surface area contributed by atoms with E-state index in [1.165, 1.54) is 0 Å². The molecule has 8 nitrogen and oxygen atoms in total. The molecule has 1 aliphatic heterocycles. The van der Waals surface area contributed by atoms with Crippen molar-refractivity contribution in [2.75, 3.05) is 29.9 Å². The summed E-state index contributed by atoms with van der Waals surface area (Å²) in [6.45, 7) is 6.06. The first-order chi connectivity index (χ1) is 13.7. The number of benzene rings is 1. The van der Waals surface area contributed by atoms with Gasteiger partial charge in [0.05, 0.1) is 11.7 Å². The van der Waals surface area contributed by atoms with Gasteiger partial charge >= 0.3 is 12.1 Å². The SMILES string of the molecule is CC(=O)N(C)c1c(F)c(N2CCC(NC(=O)OC(C)(C)C)C2)c(F)c(F)c1C(=O)O. The predicted molar refractivity (Wildman–Crippen MR) is 102 cm³/mol. The molecule has 0 saturated carbocycles. The lowest BCUT2D eigenvalue weighted by Gasteiger charge is -2.26. The van der Waals surface area contributed by atoms with E-state index < -0.39 is 64.0 Å². The average Bonchev–Trinajstić information content (AvgIpc) is 3.03. The van der Waals surface area contributed by atoms with Crippen LogP contribution >= 0.6 is 0 Å². The van der Waals surface area contributed by atoms with Crippen LogP contribution in [0.5, 0.6) is 0 Å². The quantitative estimate of drug-likeness (QED) is 0.712. The Morgan fingerprint density at radius 1 is 1.17 bits per heavy atom. The summed E-state index contributed by atoms with van der Waals surface area (Å²) in [7, 11) is 1.06. The molecular weight excluding hydrogens is 407 g/mol. The van der Waals surface area contributed by atoms with Gasteiger partial charge in [0, 0.05) is 27.1 Å². The van der Waals surface area contributed by atoms with Crippen molar-refractivity contribution in [1.29, 1.82) is 0 Å². The van der Waals surface area contributed by atoms with Crippen molar-refractivity contribution in [2.45, 2.75) is 45.8 Å². The molecule has 11 heteroatoms. The minimum Gasteiger partial charge on any atom is -0.478 e. The Hall–Kier alpha value is -2.98. The first-order valence-corrected chi connectivity index (χ1v) is 9.17. The van der Waals surface area contributed by atoms with Crippen LogP contribution in [0.1, 0.15) is 44.5 Å². The number of nitrogens with zero attached hydrogens (tertiary/aromatic N) is 2. The summed E-state index contributed by atoms with van der Waals surface area (Å²) in [4.78, 5) is 36.7. The minimum absolute atomic E-state index is 0.0589. The van der Waals surface area contributed by atoms with Crippen LogP contribution < -0.4 is 15.1 Å². The van der Waals surface area contributed by atoms with E-state index in [0.717, 1.165) is 18.9 Å². The molecule has 2 N–H and O–H groups in total. The van der Waals surface area contributed by atoms with Crippen molar-refractivity contribution < 1.29 is 37.4 Å². The predicted octanol–water partition coefficient (Wildman–Crippen LogP) is 2.89. The van der Waals surface area contributed by atoms with Gasteiger partial charge in [0.2, 0.25) is 5.91 Å². The number of ether oxygens (including phenoxy) is 1. The van der Waals surface area contributed by atoms with E-state index in [1.54, 1.807) is 20.8 Å². The zero-order valence-corrected chi connectivity index (χ0v) is 17.3. The van der Waals surface area contributed by atoms with Crippen molar-refractivity contribution in [3.63, 3.8) is 0 Å². The molecule has 2 rings (SSSR count). The van der Waals surface area contributed by atoms with Crippen molar-refractivity contribution in [1.82, 2.24) is 5.32 Å². The van der Waals surface area contributed by atoms with Gasteiger partial charge in [0.15, 0.2) is 17.5 Å². The van der Waals surface area contributed by atoms with Gasteiger partial charge < -0.3 is 25.0 Å². The Morgan fingerprint density at radius 3 is 2.27 bits per heavy atom. The van der Waals surface area contributed by atoms with Crippen LogP contribution in [0, 0.1) is 17.5 Å². The number of alkyl carbamates (subject to hydrolysis) is 1. The third-order valence-electron chi connectivity index (χ3n) is 4.52. The Kier molecular flexibility index (Phi) is 6.53. The van der Waals surface area contributed by atoms with Crippen molar-refractivity contribution in [3.05, 3.63) is 23.0 Å². The molecule has 30 heavy (non-hydrogen) atoms. The number of aromatic carboxylic acids is 1. The van der Waals surface area contributed by atoms with Crippen molar-refractivity contribution >= 4 is 29.3 Å². The van der Waals surface area contributed by atoms with Crippen LogP contribution in [0.15, 0.2) is 0 Å². The minimum atomic E-state index is -1.91. The number of carboxylic acid groups (broad SMARTS) is 1. The van der Waals surface area contributed by atoms with Gasteiger partial charge in [-0.05, 0) is 27.2 Å². The summed E-state index contributed by atoms with van der Waals surface area (Å²) in [6.07, 6.45) is -0.419. The highest BCUT2D eigenvalue weighted by Crippen LogP contribution is 2.38. The summed E-state index contributed by atoms with van der Waals surface area (Å²) in [6, 6.07) is -0.533. The maximum Gasteiger partial charge on any atom is 0.407 e. The van der Waals surface area contributed by atoms with Crippen LogP contribution in [-0.4, -0.2) is 54.9 Å². The van der Waals surface area contributed by atoms with Crippen LogP contribution in [0.4, 0.5) is 29.3 Å². The Balaban J connectivity index is 2.40. The van der Waals surface area contributed by atoms with Gasteiger partial charge in [-0.1, -0.05) is 0 Å². The Morgan fingerprint density at radius 2 is 1.77 bits per heavy atom. The molecule has 0 aromatic heterocycles. The molecule has 0 radical (unpaired) electrons. The Labute approximate surface area is 171 Å². The normalized spacial score (nSPS) is 16.4. The molecule has 1 unspecified atom stereocenters. The average molecular weight is 431 g/mol. The number of carbonyl (C=O) groups is 3. The van der Waals surface area contributed by atoms with E-state index in [-0.39, 0.29) is 19.5 Å². The monoisotopic (exact) mass is 431 g/mol. The van der Waals surface area contributed by atoms with Crippen LogP contribution in [0.2, 0.25) is 0 Å². The van der Waals surface area contributed by atoms with E-state index in [0.29, 0.717) is 4.90 Å². The molecule has 1 heterocycles. The number of carbonyl (C=O) groups excluding carboxylic acids is 2. The lowest BCUT2D eigenvalue weighted by Crippen LogP contribution is -2.40. The second-order valence-electron chi connectivity index (χ2n) is 7.98. The molecule has 2 amide bonds. The second kappa shape index (κ2) is 8.41. The molecule has 166 valence electrons. The van der Waals surface area contributed by atoms with Gasteiger partial charge in [-0.2, -0.15) is 0 Å². The number of nitrogens with one attached hydrogen (secondary N) is 1. The molecule has 1 aromatic rings. The van der Waals surface area contributed by atoms with Crippen LogP contribution in [0.25, 0.3) is 0 Å². The summed E-state index contributed by atoms with van der Waals surface area (Å²) in [5, 5.41) is 11.8. The van der Waals surface area contributed by atoms with E-state index in [2.05, 4.69) is 5.32 Å². The van der Waals surface area contributed by atoms with Crippen LogP contribution in [0.3, 0.4) is 0 Å². The molecule has 1 atom stereocenters. The smallest absolute Gasteiger partial charge is 0.407 e. The number of halogens is 3. The van der Waals surface area contributed by atoms with Crippen LogP contribution in [-0.2, 0) is 9.53 Å². The second-order valence-corrected chi connectivity index (χ2v) is 7.98. The number of carboxylic acids is 1. The van der Waals surface area contributed by atoms with Gasteiger partial charge in [0.25, 0.3) is 0 Å². The topological polar surface area (TPSA) is 99.2 Å².